The Morgan fingerprint density at radius 1 is 1.16 bits per heavy atom. The van der Waals surface area contributed by atoms with Gasteiger partial charge in [0.25, 0.3) is 0 Å². The largest absolute Gasteiger partial charge is 0.417 e. The molecule has 10 nitrogen and oxygen atoms in total. The molecule has 1 saturated heterocycles. The Hall–Kier alpha value is -3.97. The molecule has 5 rings (SSSR count). The van der Waals surface area contributed by atoms with Crippen LogP contribution in [0.4, 0.5) is 24.7 Å². The summed E-state index contributed by atoms with van der Waals surface area (Å²) in [6, 6.07) is 7.91. The van der Waals surface area contributed by atoms with E-state index in [1.165, 1.54) is 13.0 Å². The summed E-state index contributed by atoms with van der Waals surface area (Å²) in [6.45, 7) is 1.83. The van der Waals surface area contributed by atoms with E-state index in [9.17, 15) is 22.8 Å². The number of carbonyl (C=O) groups excluding carboxylic acids is 2. The van der Waals surface area contributed by atoms with Gasteiger partial charge in [-0.3, -0.25) is 14.7 Å². The molecule has 0 saturated carbocycles. The summed E-state index contributed by atoms with van der Waals surface area (Å²) in [4.78, 5) is 24.0. The number of halogens is 4. The summed E-state index contributed by atoms with van der Waals surface area (Å²) in [5.74, 6) is -0.248. The van der Waals surface area contributed by atoms with Crippen LogP contribution < -0.4 is 16.0 Å². The molecule has 2 atom stereocenters. The van der Waals surface area contributed by atoms with Gasteiger partial charge in [0, 0.05) is 30.1 Å². The number of H-pyrrole nitrogens is 1. The molecule has 2 aromatic carbocycles. The number of aromatic nitrogens is 5. The minimum atomic E-state index is -4.63. The van der Waals surface area contributed by atoms with Gasteiger partial charge in [0.15, 0.2) is 5.82 Å². The number of amides is 2. The third-order valence-corrected chi connectivity index (χ3v) is 6.33. The van der Waals surface area contributed by atoms with Crippen molar-refractivity contribution < 1.29 is 22.8 Å². The molecule has 1 aliphatic heterocycles. The van der Waals surface area contributed by atoms with Crippen molar-refractivity contribution in [1.82, 2.24) is 30.5 Å². The zero-order chi connectivity index (χ0) is 26.3. The van der Waals surface area contributed by atoms with Crippen molar-refractivity contribution in [3.8, 4) is 11.3 Å². The maximum atomic E-state index is 13.1. The molecular formula is C23H20ClF3N8O2. The lowest BCUT2D eigenvalue weighted by atomic mass is 10.1. The van der Waals surface area contributed by atoms with Gasteiger partial charge in [0.2, 0.25) is 11.8 Å². The van der Waals surface area contributed by atoms with Crippen molar-refractivity contribution in [3.05, 3.63) is 53.2 Å². The van der Waals surface area contributed by atoms with Crippen molar-refractivity contribution >= 4 is 45.8 Å². The summed E-state index contributed by atoms with van der Waals surface area (Å²) in [5.41, 5.74) is 1.09. The molecule has 37 heavy (non-hydrogen) atoms. The van der Waals surface area contributed by atoms with Gasteiger partial charge in [-0.15, -0.1) is 5.10 Å². The third-order valence-electron chi connectivity index (χ3n) is 6.00. The molecule has 2 amide bonds. The lowest BCUT2D eigenvalue weighted by Crippen LogP contribution is -2.35. The van der Waals surface area contributed by atoms with Crippen LogP contribution in [-0.2, 0) is 15.8 Å². The van der Waals surface area contributed by atoms with Crippen LogP contribution in [0, 0.1) is 0 Å². The first-order chi connectivity index (χ1) is 17.6. The zero-order valence-corrected chi connectivity index (χ0v) is 20.0. The molecule has 1 fully saturated rings. The number of anilines is 2. The second-order valence-corrected chi connectivity index (χ2v) is 9.04. The van der Waals surface area contributed by atoms with E-state index in [0.29, 0.717) is 30.0 Å². The maximum absolute atomic E-state index is 13.1. The molecule has 0 aliphatic carbocycles. The second kappa shape index (κ2) is 9.48. The van der Waals surface area contributed by atoms with Crippen molar-refractivity contribution in [2.45, 2.75) is 31.6 Å². The van der Waals surface area contributed by atoms with Crippen LogP contribution >= 0.6 is 11.6 Å². The highest BCUT2D eigenvalue weighted by molar-refractivity contribution is 6.31. The molecule has 0 unspecified atom stereocenters. The fourth-order valence-corrected chi connectivity index (χ4v) is 4.42. The summed E-state index contributed by atoms with van der Waals surface area (Å²) in [6.07, 6.45) is -2.50. The molecule has 14 heteroatoms. The normalized spacial score (nSPS) is 17.8. The van der Waals surface area contributed by atoms with E-state index >= 15 is 0 Å². The van der Waals surface area contributed by atoms with E-state index in [4.69, 9.17) is 11.6 Å². The third kappa shape index (κ3) is 5.13. The summed E-state index contributed by atoms with van der Waals surface area (Å²) >= 11 is 5.64. The standard InChI is InChI=1S/C23H20ClF3N8O2/c1-11(36)29-21-15-4-2-12(6-18(15)31-33-21)20-10-35(34-32-20)14-8-19(28-9-14)22(37)30-13-3-5-17(24)16(7-13)23(25,26)27/h2-7,10,14,19,28H,8-9H2,1H3,(H,30,37)(H2,29,31,33,36)/t14-,19-/m0/s1. The molecule has 4 aromatic rings. The van der Waals surface area contributed by atoms with E-state index < -0.39 is 28.7 Å². The molecule has 3 heterocycles. The fourth-order valence-electron chi connectivity index (χ4n) is 4.20. The molecule has 0 bridgehead atoms. The number of fused-ring (bicyclic) bond motifs is 1. The minimum Gasteiger partial charge on any atom is -0.325 e. The Labute approximate surface area is 212 Å². The zero-order valence-electron chi connectivity index (χ0n) is 19.2. The van der Waals surface area contributed by atoms with E-state index in [1.54, 1.807) is 10.9 Å². The van der Waals surface area contributed by atoms with Crippen molar-refractivity contribution in [2.24, 2.45) is 0 Å². The molecular weight excluding hydrogens is 513 g/mol. The monoisotopic (exact) mass is 532 g/mol. The van der Waals surface area contributed by atoms with Gasteiger partial charge in [0.05, 0.1) is 34.4 Å². The van der Waals surface area contributed by atoms with Gasteiger partial charge >= 0.3 is 6.18 Å². The van der Waals surface area contributed by atoms with Gasteiger partial charge in [-0.05, 0) is 36.8 Å². The van der Waals surface area contributed by atoms with Crippen LogP contribution in [0.25, 0.3) is 22.2 Å². The highest BCUT2D eigenvalue weighted by Gasteiger charge is 2.34. The molecule has 4 N–H and O–H groups in total. The van der Waals surface area contributed by atoms with Gasteiger partial charge in [-0.25, -0.2) is 4.68 Å². The summed E-state index contributed by atoms with van der Waals surface area (Å²) < 4.78 is 41.0. The molecule has 2 aromatic heterocycles. The van der Waals surface area contributed by atoms with Crippen molar-refractivity contribution in [3.63, 3.8) is 0 Å². The molecule has 192 valence electrons. The van der Waals surface area contributed by atoms with Crippen molar-refractivity contribution in [1.29, 1.82) is 0 Å². The topological polar surface area (TPSA) is 130 Å². The van der Waals surface area contributed by atoms with Gasteiger partial charge in [-0.1, -0.05) is 22.9 Å². The first-order valence-electron chi connectivity index (χ1n) is 11.2. The highest BCUT2D eigenvalue weighted by atomic mass is 35.5. The Morgan fingerprint density at radius 2 is 1.97 bits per heavy atom. The number of rotatable bonds is 5. The van der Waals surface area contributed by atoms with E-state index in [0.717, 1.165) is 23.1 Å². The Bertz CT molecular complexity index is 1500. The fraction of sp³-hybridized carbons (Fsp3) is 0.261. The minimum absolute atomic E-state index is 0.00544. The molecule has 0 radical (unpaired) electrons. The quantitative estimate of drug-likeness (QED) is 0.307. The number of nitrogens with zero attached hydrogens (tertiary/aromatic N) is 4. The van der Waals surface area contributed by atoms with Gasteiger partial charge in [-0.2, -0.15) is 18.3 Å². The van der Waals surface area contributed by atoms with Crippen LogP contribution in [0.3, 0.4) is 0 Å². The summed E-state index contributed by atoms with van der Waals surface area (Å²) in [7, 11) is 0. The van der Waals surface area contributed by atoms with Crippen LogP contribution in [0.15, 0.2) is 42.6 Å². The number of aromatic amines is 1. The second-order valence-electron chi connectivity index (χ2n) is 8.63. The van der Waals surface area contributed by atoms with Crippen LogP contribution in [0.2, 0.25) is 5.02 Å². The number of hydrogen-bond acceptors (Lipinski definition) is 6. The highest BCUT2D eigenvalue weighted by Crippen LogP contribution is 2.36. The van der Waals surface area contributed by atoms with Crippen molar-refractivity contribution in [2.75, 3.05) is 17.2 Å². The Balaban J connectivity index is 1.25. The molecule has 0 spiro atoms. The number of alkyl halides is 3. The average molecular weight is 533 g/mol. The number of carbonyl (C=O) groups is 2. The first kappa shape index (κ1) is 24.7. The molecule has 1 aliphatic rings. The number of nitrogens with one attached hydrogen (secondary N) is 4. The predicted molar refractivity (Wildman–Crippen MR) is 130 cm³/mol. The number of benzene rings is 2. The first-order valence-corrected chi connectivity index (χ1v) is 11.5. The van der Waals surface area contributed by atoms with E-state index in [1.807, 2.05) is 18.2 Å². The van der Waals surface area contributed by atoms with Crippen LogP contribution in [0.5, 0.6) is 0 Å². The van der Waals surface area contributed by atoms with Crippen LogP contribution in [-0.4, -0.2) is 49.6 Å². The average Bonchev–Trinajstić information content (AvgIpc) is 3.59. The SMILES string of the molecule is CC(=O)Nc1n[nH]c2cc(-c3cn([C@@H]4CN[C@H](C(=O)Nc5ccc(Cl)c(C(F)(F)F)c5)C4)nn3)ccc12. The Kier molecular flexibility index (Phi) is 6.33. The van der Waals surface area contributed by atoms with Gasteiger partial charge in [0.1, 0.15) is 5.69 Å². The lowest BCUT2D eigenvalue weighted by Gasteiger charge is -2.14. The lowest BCUT2D eigenvalue weighted by molar-refractivity contribution is -0.137. The Morgan fingerprint density at radius 3 is 2.73 bits per heavy atom. The van der Waals surface area contributed by atoms with Crippen LogP contribution in [0.1, 0.15) is 24.9 Å². The predicted octanol–water partition coefficient (Wildman–Crippen LogP) is 3.99. The number of hydrogen-bond donors (Lipinski definition) is 4. The van der Waals surface area contributed by atoms with E-state index in [-0.39, 0.29) is 17.6 Å². The summed E-state index contributed by atoms with van der Waals surface area (Å²) in [5, 5.41) is 24.0. The van der Waals surface area contributed by atoms with Gasteiger partial charge < -0.3 is 16.0 Å². The smallest absolute Gasteiger partial charge is 0.325 e. The van der Waals surface area contributed by atoms with E-state index in [2.05, 4.69) is 36.5 Å². The maximum Gasteiger partial charge on any atom is 0.417 e.